The van der Waals surface area contributed by atoms with E-state index < -0.39 is 5.60 Å². The molecule has 4 nitrogen and oxygen atoms in total. The smallest absolute Gasteiger partial charge is 0.244 e. The predicted molar refractivity (Wildman–Crippen MR) is 71.2 cm³/mol. The van der Waals surface area contributed by atoms with Crippen LogP contribution in [0.2, 0.25) is 0 Å². The summed E-state index contributed by atoms with van der Waals surface area (Å²) in [5.74, 6) is -0.164. The lowest BCUT2D eigenvalue weighted by Crippen LogP contribution is -2.46. The summed E-state index contributed by atoms with van der Waals surface area (Å²) < 4.78 is 5.19. The largest absolute Gasteiger partial charge is 0.388 e. The molecule has 0 radical (unpaired) electrons. The van der Waals surface area contributed by atoms with E-state index in [1.165, 1.54) is 6.08 Å². The minimum Gasteiger partial charge on any atom is -0.388 e. The molecule has 102 valence electrons. The van der Waals surface area contributed by atoms with Crippen LogP contribution in [0.5, 0.6) is 0 Å². The lowest BCUT2D eigenvalue weighted by molar-refractivity contribution is -0.119. The third-order valence-electron chi connectivity index (χ3n) is 3.24. The van der Waals surface area contributed by atoms with Crippen molar-refractivity contribution in [1.29, 1.82) is 0 Å². The highest BCUT2D eigenvalue weighted by molar-refractivity contribution is 5.87. The fourth-order valence-electron chi connectivity index (χ4n) is 1.84. The summed E-state index contributed by atoms with van der Waals surface area (Å²) in [6.07, 6.45) is 7.36. The number of carbonyl (C=O) groups is 1. The minimum absolute atomic E-state index is 0.164. The summed E-state index contributed by atoms with van der Waals surface area (Å²) >= 11 is 0. The van der Waals surface area contributed by atoms with Crippen molar-refractivity contribution in [1.82, 2.24) is 5.32 Å². The number of nitrogens with one attached hydrogen (secondary N) is 1. The van der Waals surface area contributed by atoms with Crippen LogP contribution in [0.3, 0.4) is 0 Å². The molecule has 4 heteroatoms. The maximum Gasteiger partial charge on any atom is 0.244 e. The van der Waals surface area contributed by atoms with Gasteiger partial charge in [0.05, 0.1) is 5.60 Å². The predicted octanol–water partition coefficient (Wildman–Crippen LogP) is 1.56. The molecule has 2 N–H and O–H groups in total. The topological polar surface area (TPSA) is 58.6 Å². The first-order valence-electron chi connectivity index (χ1n) is 6.51. The second kappa shape index (κ2) is 7.34. The first-order valence-corrected chi connectivity index (χ1v) is 6.51. The molecule has 1 aliphatic rings. The number of aliphatic hydroxyl groups is 1. The minimum atomic E-state index is -0.810. The fraction of sp³-hybridized carbons (Fsp3) is 0.643. The highest BCUT2D eigenvalue weighted by atomic mass is 16.5. The Hall–Kier alpha value is -1.13. The van der Waals surface area contributed by atoms with Gasteiger partial charge in [-0.25, -0.2) is 0 Å². The van der Waals surface area contributed by atoms with Gasteiger partial charge in [0.1, 0.15) is 0 Å². The lowest BCUT2D eigenvalue weighted by Gasteiger charge is -2.31. The van der Waals surface area contributed by atoms with Crippen LogP contribution in [0, 0.1) is 0 Å². The molecule has 1 heterocycles. The van der Waals surface area contributed by atoms with Crippen LogP contribution in [0.15, 0.2) is 23.8 Å². The van der Waals surface area contributed by atoms with E-state index >= 15 is 0 Å². The molecule has 1 rings (SSSR count). The molecular weight excluding hydrogens is 230 g/mol. The Morgan fingerprint density at radius 2 is 2.06 bits per heavy atom. The Balaban J connectivity index is 2.36. The van der Waals surface area contributed by atoms with Crippen molar-refractivity contribution in [2.75, 3.05) is 19.8 Å². The molecule has 0 aromatic rings. The summed E-state index contributed by atoms with van der Waals surface area (Å²) in [4.78, 5) is 11.6. The number of allylic oxidation sites excluding steroid dienone is 3. The molecule has 0 saturated carbocycles. The summed E-state index contributed by atoms with van der Waals surface area (Å²) in [5.41, 5.74) is 0.311. The number of hydrogen-bond acceptors (Lipinski definition) is 3. The number of amides is 1. The molecule has 0 aromatic carbocycles. The Bertz CT molecular complexity index is 328. The second-order valence-electron chi connectivity index (χ2n) is 4.60. The maximum atomic E-state index is 11.6. The third-order valence-corrected chi connectivity index (χ3v) is 3.24. The quantitative estimate of drug-likeness (QED) is 0.577. The molecule has 0 unspecified atom stereocenters. The van der Waals surface area contributed by atoms with E-state index in [0.29, 0.717) is 26.1 Å². The van der Waals surface area contributed by atoms with Crippen LogP contribution >= 0.6 is 0 Å². The van der Waals surface area contributed by atoms with Crippen molar-refractivity contribution in [3.8, 4) is 0 Å². The van der Waals surface area contributed by atoms with Crippen molar-refractivity contribution in [3.63, 3.8) is 0 Å². The van der Waals surface area contributed by atoms with Gasteiger partial charge in [-0.15, -0.1) is 0 Å². The Morgan fingerprint density at radius 1 is 1.39 bits per heavy atom. The van der Waals surface area contributed by atoms with Gasteiger partial charge in [0, 0.05) is 38.7 Å². The van der Waals surface area contributed by atoms with E-state index in [4.69, 9.17) is 4.74 Å². The van der Waals surface area contributed by atoms with Gasteiger partial charge >= 0.3 is 0 Å². The highest BCUT2D eigenvalue weighted by Gasteiger charge is 2.29. The molecular formula is C14H23NO3. The lowest BCUT2D eigenvalue weighted by atomic mass is 9.94. The Kier molecular flexibility index (Phi) is 6.09. The highest BCUT2D eigenvalue weighted by Crippen LogP contribution is 2.19. The summed E-state index contributed by atoms with van der Waals surface area (Å²) in [6, 6.07) is 0. The molecule has 1 saturated heterocycles. The number of carbonyl (C=O) groups excluding carboxylic acids is 1. The molecule has 18 heavy (non-hydrogen) atoms. The molecule has 0 spiro atoms. The first kappa shape index (κ1) is 14.9. The first-order chi connectivity index (χ1) is 8.59. The average molecular weight is 253 g/mol. The molecule has 0 atom stereocenters. The summed E-state index contributed by atoms with van der Waals surface area (Å²) in [6.45, 7) is 5.40. The van der Waals surface area contributed by atoms with E-state index in [2.05, 4.69) is 5.32 Å². The third kappa shape index (κ3) is 5.02. The van der Waals surface area contributed by atoms with Crippen LogP contribution in [0.4, 0.5) is 0 Å². The van der Waals surface area contributed by atoms with Gasteiger partial charge in [-0.05, 0) is 13.3 Å². The van der Waals surface area contributed by atoms with Gasteiger partial charge < -0.3 is 15.2 Å². The molecule has 0 aromatic heterocycles. The zero-order valence-electron chi connectivity index (χ0n) is 11.2. The van der Waals surface area contributed by atoms with E-state index in [1.54, 1.807) is 0 Å². The fourth-order valence-corrected chi connectivity index (χ4v) is 1.84. The normalized spacial score (nSPS) is 20.1. The Labute approximate surface area is 109 Å². The van der Waals surface area contributed by atoms with Crippen LogP contribution in [-0.4, -0.2) is 36.4 Å². The van der Waals surface area contributed by atoms with Gasteiger partial charge in [-0.2, -0.15) is 0 Å². The van der Waals surface area contributed by atoms with Crippen molar-refractivity contribution < 1.29 is 14.6 Å². The molecule has 0 aliphatic carbocycles. The van der Waals surface area contributed by atoms with E-state index in [9.17, 15) is 9.90 Å². The average Bonchev–Trinajstić information content (AvgIpc) is 2.38. The SMILES string of the molecule is CC=C(C=CC(=O)NCC1(O)CCOCC1)CC. The maximum absolute atomic E-state index is 11.6. The molecule has 1 fully saturated rings. The van der Waals surface area contributed by atoms with Crippen molar-refractivity contribution >= 4 is 5.91 Å². The van der Waals surface area contributed by atoms with Gasteiger partial charge in [-0.1, -0.05) is 24.6 Å². The van der Waals surface area contributed by atoms with Gasteiger partial charge in [0.2, 0.25) is 5.91 Å². The van der Waals surface area contributed by atoms with Crippen molar-refractivity contribution in [2.45, 2.75) is 38.7 Å². The number of rotatable bonds is 5. The molecule has 0 bridgehead atoms. The summed E-state index contributed by atoms with van der Waals surface area (Å²) in [5, 5.41) is 12.9. The number of ether oxygens (including phenoxy) is 1. The summed E-state index contributed by atoms with van der Waals surface area (Å²) in [7, 11) is 0. The van der Waals surface area contributed by atoms with E-state index in [0.717, 1.165) is 12.0 Å². The zero-order chi connectivity index (χ0) is 13.4. The van der Waals surface area contributed by atoms with Crippen molar-refractivity contribution in [3.05, 3.63) is 23.8 Å². The van der Waals surface area contributed by atoms with Crippen molar-refractivity contribution in [2.24, 2.45) is 0 Å². The van der Waals surface area contributed by atoms with Gasteiger partial charge in [0.15, 0.2) is 0 Å². The molecule has 1 amide bonds. The van der Waals surface area contributed by atoms with Gasteiger partial charge in [-0.3, -0.25) is 4.79 Å². The second-order valence-corrected chi connectivity index (χ2v) is 4.60. The van der Waals surface area contributed by atoms with Crippen LogP contribution in [0.1, 0.15) is 33.1 Å². The molecule has 1 aliphatic heterocycles. The van der Waals surface area contributed by atoms with Crippen LogP contribution < -0.4 is 5.32 Å². The standard InChI is InChI=1S/C14H23NO3/c1-3-12(4-2)5-6-13(16)15-11-14(17)7-9-18-10-8-14/h3,5-6,17H,4,7-11H2,1-2H3,(H,15,16). The van der Waals surface area contributed by atoms with Crippen LogP contribution in [-0.2, 0) is 9.53 Å². The van der Waals surface area contributed by atoms with E-state index in [1.807, 2.05) is 26.0 Å². The van der Waals surface area contributed by atoms with Gasteiger partial charge in [0.25, 0.3) is 0 Å². The van der Waals surface area contributed by atoms with E-state index in [-0.39, 0.29) is 12.5 Å². The zero-order valence-corrected chi connectivity index (χ0v) is 11.2. The number of hydrogen-bond donors (Lipinski definition) is 2. The monoisotopic (exact) mass is 253 g/mol. The Morgan fingerprint density at radius 3 is 2.61 bits per heavy atom. The van der Waals surface area contributed by atoms with Crippen LogP contribution in [0.25, 0.3) is 0 Å².